The van der Waals surface area contributed by atoms with Crippen molar-refractivity contribution in [2.45, 2.75) is 6.92 Å². The van der Waals surface area contributed by atoms with Gasteiger partial charge < -0.3 is 8.98 Å². The standard InChI is InChI=1S/C24H19NO/c1-16-12-13-22-19(14-23(26-22)17-8-4-3-5-9-17)24(16)20-15-25(2)21-11-7-6-10-18(20)21/h3-15H,1-2H3. The number of aryl methyl sites for hydroxylation is 2. The number of fused-ring (bicyclic) bond motifs is 2. The highest BCUT2D eigenvalue weighted by Gasteiger charge is 2.16. The summed E-state index contributed by atoms with van der Waals surface area (Å²) in [7, 11) is 2.10. The van der Waals surface area contributed by atoms with Crippen molar-refractivity contribution < 1.29 is 4.42 Å². The summed E-state index contributed by atoms with van der Waals surface area (Å²) in [6, 6.07) is 25.2. The van der Waals surface area contributed by atoms with E-state index in [4.69, 9.17) is 4.42 Å². The Morgan fingerprint density at radius 2 is 1.58 bits per heavy atom. The molecule has 0 N–H and O–H groups in total. The second-order valence-electron chi connectivity index (χ2n) is 6.82. The van der Waals surface area contributed by atoms with Crippen molar-refractivity contribution in [3.63, 3.8) is 0 Å². The van der Waals surface area contributed by atoms with Gasteiger partial charge >= 0.3 is 0 Å². The topological polar surface area (TPSA) is 18.1 Å². The number of aromatic nitrogens is 1. The predicted molar refractivity (Wildman–Crippen MR) is 108 cm³/mol. The van der Waals surface area contributed by atoms with E-state index >= 15 is 0 Å². The highest BCUT2D eigenvalue weighted by atomic mass is 16.3. The summed E-state index contributed by atoms with van der Waals surface area (Å²) in [6.07, 6.45) is 2.22. The van der Waals surface area contributed by atoms with Crippen molar-refractivity contribution in [1.29, 1.82) is 0 Å². The van der Waals surface area contributed by atoms with Crippen LogP contribution in [0.15, 0.2) is 83.4 Å². The van der Waals surface area contributed by atoms with Gasteiger partial charge in [0.15, 0.2) is 0 Å². The summed E-state index contributed by atoms with van der Waals surface area (Å²) >= 11 is 0. The first-order valence-electron chi connectivity index (χ1n) is 8.85. The third kappa shape index (κ3) is 2.19. The van der Waals surface area contributed by atoms with E-state index in [9.17, 15) is 0 Å². The number of hydrogen-bond acceptors (Lipinski definition) is 1. The molecule has 0 aliphatic heterocycles. The molecule has 2 heteroatoms. The van der Waals surface area contributed by atoms with E-state index in [2.05, 4.69) is 79.3 Å². The fourth-order valence-electron chi connectivity index (χ4n) is 3.86. The summed E-state index contributed by atoms with van der Waals surface area (Å²) in [4.78, 5) is 0. The van der Waals surface area contributed by atoms with E-state index < -0.39 is 0 Å². The average molecular weight is 337 g/mol. The maximum atomic E-state index is 6.18. The van der Waals surface area contributed by atoms with Crippen LogP contribution in [0, 0.1) is 6.92 Å². The number of hydrogen-bond donors (Lipinski definition) is 0. The van der Waals surface area contributed by atoms with Crippen LogP contribution in [0.1, 0.15) is 5.56 Å². The molecule has 0 fully saturated rings. The number of furan rings is 1. The molecule has 0 aliphatic rings. The molecule has 2 heterocycles. The normalized spacial score (nSPS) is 11.5. The summed E-state index contributed by atoms with van der Waals surface area (Å²) in [5, 5.41) is 2.44. The molecule has 0 atom stereocenters. The first kappa shape index (κ1) is 15.0. The molecule has 0 amide bonds. The highest BCUT2D eigenvalue weighted by molar-refractivity contribution is 6.06. The summed E-state index contributed by atoms with van der Waals surface area (Å²) in [5.41, 5.74) is 7.04. The maximum Gasteiger partial charge on any atom is 0.135 e. The van der Waals surface area contributed by atoms with Crippen LogP contribution in [0.5, 0.6) is 0 Å². The zero-order chi connectivity index (χ0) is 17.7. The highest BCUT2D eigenvalue weighted by Crippen LogP contribution is 2.40. The van der Waals surface area contributed by atoms with Gasteiger partial charge in [-0.2, -0.15) is 0 Å². The van der Waals surface area contributed by atoms with Crippen LogP contribution in [0.4, 0.5) is 0 Å². The van der Waals surface area contributed by atoms with Gasteiger partial charge in [0.2, 0.25) is 0 Å². The van der Waals surface area contributed by atoms with E-state index in [-0.39, 0.29) is 0 Å². The van der Waals surface area contributed by atoms with Crippen LogP contribution in [-0.4, -0.2) is 4.57 Å². The molecule has 0 bridgehead atoms. The molecule has 2 aromatic heterocycles. The lowest BCUT2D eigenvalue weighted by Crippen LogP contribution is -1.84. The van der Waals surface area contributed by atoms with E-state index in [1.54, 1.807) is 0 Å². The summed E-state index contributed by atoms with van der Waals surface area (Å²) < 4.78 is 8.38. The molecule has 126 valence electrons. The second-order valence-corrected chi connectivity index (χ2v) is 6.82. The van der Waals surface area contributed by atoms with E-state index in [0.717, 1.165) is 16.9 Å². The van der Waals surface area contributed by atoms with Crippen LogP contribution < -0.4 is 0 Å². The first-order chi connectivity index (χ1) is 12.7. The molecule has 5 aromatic rings. The van der Waals surface area contributed by atoms with Crippen molar-refractivity contribution in [2.24, 2.45) is 7.05 Å². The van der Waals surface area contributed by atoms with Gasteiger partial charge in [0.05, 0.1) is 0 Å². The Morgan fingerprint density at radius 3 is 2.42 bits per heavy atom. The van der Waals surface area contributed by atoms with Crippen LogP contribution in [-0.2, 0) is 7.05 Å². The Morgan fingerprint density at radius 1 is 0.808 bits per heavy atom. The smallest absolute Gasteiger partial charge is 0.135 e. The first-order valence-corrected chi connectivity index (χ1v) is 8.85. The van der Waals surface area contributed by atoms with E-state index in [1.807, 2.05) is 18.2 Å². The fourth-order valence-corrected chi connectivity index (χ4v) is 3.86. The Balaban J connectivity index is 1.82. The van der Waals surface area contributed by atoms with Crippen molar-refractivity contribution >= 4 is 21.9 Å². The minimum absolute atomic E-state index is 0.910. The molecule has 0 radical (unpaired) electrons. The van der Waals surface area contributed by atoms with Crippen molar-refractivity contribution in [2.75, 3.05) is 0 Å². The van der Waals surface area contributed by atoms with Crippen LogP contribution >= 0.6 is 0 Å². The van der Waals surface area contributed by atoms with E-state index in [0.29, 0.717) is 0 Å². The predicted octanol–water partition coefficient (Wildman–Crippen LogP) is 6.57. The molecular formula is C24H19NO. The van der Waals surface area contributed by atoms with Crippen LogP contribution in [0.3, 0.4) is 0 Å². The van der Waals surface area contributed by atoms with Gasteiger partial charge in [-0.3, -0.25) is 0 Å². The third-order valence-electron chi connectivity index (χ3n) is 5.13. The lowest BCUT2D eigenvalue weighted by atomic mass is 9.96. The molecule has 5 rings (SSSR count). The largest absolute Gasteiger partial charge is 0.456 e. The zero-order valence-electron chi connectivity index (χ0n) is 14.9. The monoisotopic (exact) mass is 337 g/mol. The summed E-state index contributed by atoms with van der Waals surface area (Å²) in [6.45, 7) is 2.17. The minimum Gasteiger partial charge on any atom is -0.456 e. The number of nitrogens with zero attached hydrogens (tertiary/aromatic N) is 1. The Labute approximate surface area is 152 Å². The third-order valence-corrected chi connectivity index (χ3v) is 5.13. The lowest BCUT2D eigenvalue weighted by molar-refractivity contribution is 0.631. The Kier molecular flexibility index (Phi) is 3.26. The Bertz CT molecular complexity index is 1240. The number of rotatable bonds is 2. The zero-order valence-corrected chi connectivity index (χ0v) is 14.9. The van der Waals surface area contributed by atoms with Crippen LogP contribution in [0.25, 0.3) is 44.3 Å². The minimum atomic E-state index is 0.910. The molecule has 0 spiro atoms. The molecule has 0 saturated carbocycles. The Hall–Kier alpha value is -3.26. The van der Waals surface area contributed by atoms with Gasteiger partial charge in [-0.25, -0.2) is 0 Å². The fraction of sp³-hybridized carbons (Fsp3) is 0.0833. The van der Waals surface area contributed by atoms with Gasteiger partial charge in [0.25, 0.3) is 0 Å². The average Bonchev–Trinajstić information content (AvgIpc) is 3.25. The summed E-state index contributed by atoms with van der Waals surface area (Å²) in [5.74, 6) is 0.910. The lowest BCUT2D eigenvalue weighted by Gasteiger charge is -2.06. The molecule has 0 saturated heterocycles. The van der Waals surface area contributed by atoms with Crippen LogP contribution in [0.2, 0.25) is 0 Å². The quantitative estimate of drug-likeness (QED) is 0.356. The second kappa shape index (κ2) is 5.63. The molecule has 0 unspecified atom stereocenters. The molecule has 3 aromatic carbocycles. The van der Waals surface area contributed by atoms with Gasteiger partial charge in [0.1, 0.15) is 11.3 Å². The number of benzene rings is 3. The van der Waals surface area contributed by atoms with E-state index in [1.165, 1.54) is 33.0 Å². The number of para-hydroxylation sites is 1. The van der Waals surface area contributed by atoms with Crippen molar-refractivity contribution in [3.8, 4) is 22.5 Å². The van der Waals surface area contributed by atoms with Gasteiger partial charge in [-0.1, -0.05) is 54.6 Å². The molecular weight excluding hydrogens is 318 g/mol. The van der Waals surface area contributed by atoms with Crippen molar-refractivity contribution in [3.05, 3.63) is 84.6 Å². The molecule has 2 nitrogen and oxygen atoms in total. The van der Waals surface area contributed by atoms with Gasteiger partial charge in [0, 0.05) is 40.7 Å². The van der Waals surface area contributed by atoms with Gasteiger partial charge in [-0.05, 0) is 36.2 Å². The van der Waals surface area contributed by atoms with Crippen molar-refractivity contribution in [1.82, 2.24) is 4.57 Å². The molecule has 0 aliphatic carbocycles. The molecule has 26 heavy (non-hydrogen) atoms. The SMILES string of the molecule is Cc1ccc2oc(-c3ccccc3)cc2c1-c1cn(C)c2ccccc12. The van der Waals surface area contributed by atoms with Gasteiger partial charge in [-0.15, -0.1) is 0 Å². The maximum absolute atomic E-state index is 6.18.